The first-order chi connectivity index (χ1) is 21.3. The lowest BCUT2D eigenvalue weighted by atomic mass is 10.0. The highest BCUT2D eigenvalue weighted by molar-refractivity contribution is 7.97. The molecule has 1 unspecified atom stereocenters. The van der Waals surface area contributed by atoms with Gasteiger partial charge in [-0.25, -0.2) is 19.1 Å². The van der Waals surface area contributed by atoms with Gasteiger partial charge < -0.3 is 10.3 Å². The molecular formula is C31H31FN10OS. The predicted octanol–water partition coefficient (Wildman–Crippen LogP) is 3.52. The van der Waals surface area contributed by atoms with Crippen LogP contribution in [-0.4, -0.2) is 82.5 Å². The van der Waals surface area contributed by atoms with Crippen molar-refractivity contribution in [2.75, 3.05) is 32.4 Å². The van der Waals surface area contributed by atoms with E-state index in [9.17, 15) is 8.60 Å². The topological polar surface area (TPSA) is 140 Å². The Morgan fingerprint density at radius 3 is 2.61 bits per heavy atom. The molecule has 1 saturated heterocycles. The second-order valence-electron chi connectivity index (χ2n) is 11.1. The molecule has 0 amide bonds. The maximum atomic E-state index is 14.7. The number of halogens is 1. The average Bonchev–Trinajstić information content (AvgIpc) is 3.64. The quantitative estimate of drug-likeness (QED) is 0.192. The summed E-state index contributed by atoms with van der Waals surface area (Å²) >= 11 is 0. The van der Waals surface area contributed by atoms with Gasteiger partial charge in [0.25, 0.3) is 0 Å². The van der Waals surface area contributed by atoms with Crippen LogP contribution in [0.4, 0.5) is 4.39 Å². The first kappa shape index (κ1) is 28.2. The van der Waals surface area contributed by atoms with Gasteiger partial charge in [-0.15, -0.1) is 0 Å². The van der Waals surface area contributed by atoms with Gasteiger partial charge in [0.2, 0.25) is 0 Å². The van der Waals surface area contributed by atoms with Crippen LogP contribution in [0.2, 0.25) is 0 Å². The van der Waals surface area contributed by atoms with E-state index >= 15 is 0 Å². The molecule has 1 aromatic carbocycles. The zero-order chi connectivity index (χ0) is 30.3. The lowest BCUT2D eigenvalue weighted by Crippen LogP contribution is -2.42. The third-order valence-corrected chi connectivity index (χ3v) is 8.39. The minimum Gasteiger partial charge on any atom is -0.335 e. The van der Waals surface area contributed by atoms with Crippen molar-refractivity contribution in [2.24, 2.45) is 0 Å². The molecule has 7 rings (SSSR count). The van der Waals surface area contributed by atoms with Crippen LogP contribution in [0.1, 0.15) is 11.1 Å². The van der Waals surface area contributed by atoms with Crippen molar-refractivity contribution in [3.8, 4) is 33.8 Å². The molecule has 6 heterocycles. The van der Waals surface area contributed by atoms with Crippen LogP contribution in [0, 0.1) is 5.82 Å². The number of imidazole rings is 1. The number of benzene rings is 1. The Morgan fingerprint density at radius 2 is 1.77 bits per heavy atom. The van der Waals surface area contributed by atoms with E-state index < -0.39 is 15.5 Å². The summed E-state index contributed by atoms with van der Waals surface area (Å²) < 4.78 is 29.5. The largest absolute Gasteiger partial charge is 0.335 e. The summed E-state index contributed by atoms with van der Waals surface area (Å²) in [7, 11) is -2.44. The molecule has 11 nitrogen and oxygen atoms in total. The SMILES string of the molecule is C=S(C)(=O)NCc1cc(F)cc(-c2cncc3[nH]c(-c4[nH]nc5ncc(-c6cncc(CN7CCNCC7)c6)cc45)nc23)c1. The van der Waals surface area contributed by atoms with E-state index in [-0.39, 0.29) is 6.54 Å². The second-order valence-corrected chi connectivity index (χ2v) is 13.4. The van der Waals surface area contributed by atoms with E-state index in [1.54, 1.807) is 18.6 Å². The number of rotatable bonds is 8. The fourth-order valence-electron chi connectivity index (χ4n) is 5.50. The highest BCUT2D eigenvalue weighted by atomic mass is 32.2. The summed E-state index contributed by atoms with van der Waals surface area (Å²) in [5, 5.41) is 11.7. The van der Waals surface area contributed by atoms with Gasteiger partial charge in [-0.2, -0.15) is 5.10 Å². The Labute approximate surface area is 253 Å². The van der Waals surface area contributed by atoms with Crippen LogP contribution in [0.15, 0.2) is 61.3 Å². The molecular weight excluding hydrogens is 579 g/mol. The van der Waals surface area contributed by atoms with Gasteiger partial charge in [-0.1, -0.05) is 0 Å². The van der Waals surface area contributed by atoms with Crippen LogP contribution in [-0.2, 0) is 22.8 Å². The van der Waals surface area contributed by atoms with Crippen LogP contribution >= 0.6 is 0 Å². The molecule has 1 aliphatic rings. The van der Waals surface area contributed by atoms with Crippen LogP contribution in [0.25, 0.3) is 55.8 Å². The zero-order valence-corrected chi connectivity index (χ0v) is 24.9. The number of aromatic amines is 2. The summed E-state index contributed by atoms with van der Waals surface area (Å²) in [4.78, 5) is 24.2. The molecule has 1 fully saturated rings. The first-order valence-corrected chi connectivity index (χ1v) is 16.3. The number of fused-ring (bicyclic) bond motifs is 2. The van der Waals surface area contributed by atoms with Gasteiger partial charge in [0, 0.05) is 96.7 Å². The highest BCUT2D eigenvalue weighted by Crippen LogP contribution is 2.33. The van der Waals surface area contributed by atoms with Crippen molar-refractivity contribution in [1.29, 1.82) is 0 Å². The number of nitrogens with zero attached hydrogens (tertiary/aromatic N) is 6. The number of hydrogen-bond donors (Lipinski definition) is 4. The standard InChI is InChI=1S/C31H31FN10OS/c1-44(2,43)37-13-19-7-21(10-24(32)9-19)26-16-35-17-27-28(26)39-31(38-27)29-25-11-23(15-36-30(25)41-40-29)22-8-20(12-34-14-22)18-42-5-3-33-4-6-42/h7-12,14-17,33H,1,3-6,13,18H2,2H3,(H,37,43)(H,38,39)(H,36,40,41). The predicted molar refractivity (Wildman–Crippen MR) is 172 cm³/mol. The molecule has 0 spiro atoms. The molecule has 1 atom stereocenters. The van der Waals surface area contributed by atoms with Crippen LogP contribution < -0.4 is 10.0 Å². The number of nitrogens with one attached hydrogen (secondary N) is 4. The van der Waals surface area contributed by atoms with E-state index in [2.05, 4.69) is 57.0 Å². The fraction of sp³-hybridized carbons (Fsp3) is 0.226. The Morgan fingerprint density at radius 1 is 0.977 bits per heavy atom. The molecule has 224 valence electrons. The normalized spacial score (nSPS) is 15.6. The summed E-state index contributed by atoms with van der Waals surface area (Å²) in [6.07, 6.45) is 10.4. The average molecular weight is 611 g/mol. The van der Waals surface area contributed by atoms with Crippen molar-refractivity contribution in [3.05, 3.63) is 78.3 Å². The summed E-state index contributed by atoms with van der Waals surface area (Å²) in [6, 6.07) is 8.88. The zero-order valence-electron chi connectivity index (χ0n) is 24.1. The number of H-pyrrole nitrogens is 2. The minimum absolute atomic E-state index is 0.211. The van der Waals surface area contributed by atoms with E-state index in [4.69, 9.17) is 4.98 Å². The van der Waals surface area contributed by atoms with Gasteiger partial charge in [0.05, 0.1) is 22.6 Å². The van der Waals surface area contributed by atoms with Crippen LogP contribution in [0.5, 0.6) is 0 Å². The van der Waals surface area contributed by atoms with E-state index in [1.165, 1.54) is 18.4 Å². The van der Waals surface area contributed by atoms with E-state index in [1.807, 2.05) is 24.5 Å². The summed E-state index contributed by atoms with van der Waals surface area (Å²) in [6.45, 7) is 5.08. The van der Waals surface area contributed by atoms with Crippen molar-refractivity contribution in [1.82, 2.24) is 50.1 Å². The second kappa shape index (κ2) is 11.5. The maximum Gasteiger partial charge on any atom is 0.181 e. The molecule has 13 heteroatoms. The van der Waals surface area contributed by atoms with Crippen molar-refractivity contribution in [3.63, 3.8) is 0 Å². The lowest BCUT2D eigenvalue weighted by molar-refractivity contribution is 0.233. The highest BCUT2D eigenvalue weighted by Gasteiger charge is 2.18. The third kappa shape index (κ3) is 5.95. The van der Waals surface area contributed by atoms with E-state index in [0.29, 0.717) is 44.9 Å². The van der Waals surface area contributed by atoms with Gasteiger partial charge >= 0.3 is 0 Å². The first-order valence-electron chi connectivity index (χ1n) is 14.2. The summed E-state index contributed by atoms with van der Waals surface area (Å²) in [5.74, 6) is 3.75. The van der Waals surface area contributed by atoms with Crippen LogP contribution in [0.3, 0.4) is 0 Å². The third-order valence-electron chi connectivity index (χ3n) is 7.63. The molecule has 0 saturated carbocycles. The number of aromatic nitrogens is 7. The Balaban J connectivity index is 1.23. The Kier molecular flexibility index (Phi) is 7.38. The van der Waals surface area contributed by atoms with Crippen molar-refractivity contribution in [2.45, 2.75) is 13.1 Å². The number of hydrogen-bond acceptors (Lipinski definition) is 8. The van der Waals surface area contributed by atoms with Gasteiger partial charge in [-0.3, -0.25) is 24.2 Å². The molecule has 0 bridgehead atoms. The van der Waals surface area contributed by atoms with E-state index in [0.717, 1.165) is 54.8 Å². The molecule has 5 aromatic heterocycles. The molecule has 44 heavy (non-hydrogen) atoms. The van der Waals surface area contributed by atoms with Gasteiger partial charge in [-0.05, 0) is 52.9 Å². The van der Waals surface area contributed by atoms with Gasteiger partial charge in [0.1, 0.15) is 11.5 Å². The van der Waals surface area contributed by atoms with Gasteiger partial charge in [0.15, 0.2) is 11.5 Å². The lowest BCUT2D eigenvalue weighted by Gasteiger charge is -2.27. The molecule has 4 N–H and O–H groups in total. The molecule has 6 aromatic rings. The maximum absolute atomic E-state index is 14.7. The molecule has 0 radical (unpaired) electrons. The fourth-order valence-corrected chi connectivity index (χ4v) is 5.98. The Bertz CT molecular complexity index is 2100. The van der Waals surface area contributed by atoms with Crippen molar-refractivity contribution < 1.29 is 8.60 Å². The Hall–Kier alpha value is -4.56. The smallest absolute Gasteiger partial charge is 0.181 e. The molecule has 0 aliphatic carbocycles. The monoisotopic (exact) mass is 610 g/mol. The number of piperazine rings is 1. The minimum atomic E-state index is -2.44. The molecule has 1 aliphatic heterocycles. The summed E-state index contributed by atoms with van der Waals surface area (Å²) in [5.41, 5.74) is 7.52. The number of pyridine rings is 3. The van der Waals surface area contributed by atoms with Crippen molar-refractivity contribution >= 4 is 37.6 Å².